The van der Waals surface area contributed by atoms with E-state index in [4.69, 9.17) is 27.9 Å². The first-order valence-electron chi connectivity index (χ1n) is 10.6. The monoisotopic (exact) mass is 506 g/mol. The van der Waals surface area contributed by atoms with E-state index in [1.165, 1.54) is 6.07 Å². The van der Waals surface area contributed by atoms with Crippen molar-refractivity contribution >= 4 is 34.8 Å². The van der Waals surface area contributed by atoms with Crippen molar-refractivity contribution < 1.29 is 13.5 Å². The fraction of sp³-hybridized carbons (Fsp3) is 0.261. The number of halogens is 4. The second kappa shape index (κ2) is 10.8. The fourth-order valence-electron chi connectivity index (χ4n) is 3.65. The van der Waals surface area contributed by atoms with Gasteiger partial charge in [-0.2, -0.15) is 4.98 Å². The van der Waals surface area contributed by atoms with Crippen LogP contribution in [-0.2, 0) is 0 Å². The van der Waals surface area contributed by atoms with Gasteiger partial charge in [0.2, 0.25) is 5.95 Å². The number of methoxy groups -OCH3 is 1. The van der Waals surface area contributed by atoms with Crippen molar-refractivity contribution in [3.05, 3.63) is 77.1 Å². The van der Waals surface area contributed by atoms with E-state index >= 15 is 0 Å². The van der Waals surface area contributed by atoms with E-state index in [-0.39, 0.29) is 5.92 Å². The van der Waals surface area contributed by atoms with Crippen molar-refractivity contribution in [1.29, 1.82) is 0 Å². The number of anilines is 2. The molecule has 34 heavy (non-hydrogen) atoms. The molecule has 0 amide bonds. The number of nitrogens with one attached hydrogen (secondary N) is 2. The van der Waals surface area contributed by atoms with E-state index in [1.54, 1.807) is 36.3 Å². The Morgan fingerprint density at radius 1 is 1.15 bits per heavy atom. The van der Waals surface area contributed by atoms with Crippen LogP contribution in [0.1, 0.15) is 36.6 Å². The van der Waals surface area contributed by atoms with E-state index in [0.717, 1.165) is 24.6 Å². The molecule has 11 heteroatoms. The van der Waals surface area contributed by atoms with Crippen LogP contribution in [0, 0.1) is 11.6 Å². The van der Waals surface area contributed by atoms with Crippen LogP contribution in [0.5, 0.6) is 5.75 Å². The van der Waals surface area contributed by atoms with Gasteiger partial charge in [-0.15, -0.1) is 16.7 Å². The lowest BCUT2D eigenvalue weighted by atomic mass is 9.93. The smallest absolute Gasteiger partial charge is 0.246 e. The summed E-state index contributed by atoms with van der Waals surface area (Å²) in [6.45, 7) is 0. The molecular weight excluding hydrogens is 485 g/mol. The molecule has 2 heterocycles. The molecule has 1 unspecified atom stereocenters. The number of hydrogen-bond acceptors (Lipinski definition) is 5. The van der Waals surface area contributed by atoms with Gasteiger partial charge < -0.3 is 14.6 Å². The van der Waals surface area contributed by atoms with E-state index < -0.39 is 11.6 Å². The summed E-state index contributed by atoms with van der Waals surface area (Å²) < 4.78 is 34.6. The number of alkyl halides is 1. The van der Waals surface area contributed by atoms with Crippen LogP contribution in [0.2, 0.25) is 5.15 Å². The molecule has 0 aliphatic heterocycles. The van der Waals surface area contributed by atoms with Gasteiger partial charge in [-0.3, -0.25) is 5.10 Å². The highest BCUT2D eigenvalue weighted by Gasteiger charge is 2.20. The molecule has 0 bridgehead atoms. The van der Waals surface area contributed by atoms with Crippen molar-refractivity contribution in [2.45, 2.75) is 25.2 Å². The predicted molar refractivity (Wildman–Crippen MR) is 128 cm³/mol. The Labute approximate surface area is 205 Å². The molecule has 178 valence electrons. The minimum absolute atomic E-state index is 0.288. The van der Waals surface area contributed by atoms with Crippen LogP contribution in [0.15, 0.2) is 48.9 Å². The summed E-state index contributed by atoms with van der Waals surface area (Å²) in [5.41, 5.74) is 2.07. The molecule has 0 fully saturated rings. The molecule has 0 aliphatic carbocycles. The number of unbranched alkanes of at least 4 members (excludes halogenated alkanes) is 1. The third kappa shape index (κ3) is 5.48. The number of imidazole rings is 1. The number of H-pyrrole nitrogens is 1. The summed E-state index contributed by atoms with van der Waals surface area (Å²) in [6, 6.07) is 9.37. The summed E-state index contributed by atoms with van der Waals surface area (Å²) in [6.07, 6.45) is 5.53. The van der Waals surface area contributed by atoms with Crippen molar-refractivity contribution in [3.8, 4) is 11.4 Å². The van der Waals surface area contributed by atoms with Crippen LogP contribution < -0.4 is 10.1 Å². The zero-order valence-corrected chi connectivity index (χ0v) is 19.7. The van der Waals surface area contributed by atoms with Crippen molar-refractivity contribution in [2.75, 3.05) is 18.3 Å². The minimum atomic E-state index is -0.899. The Morgan fingerprint density at radius 3 is 2.71 bits per heavy atom. The molecular formula is C23H22Cl2F2N6O. The second-order valence-corrected chi connectivity index (χ2v) is 8.34. The highest BCUT2D eigenvalue weighted by Crippen LogP contribution is 2.31. The van der Waals surface area contributed by atoms with E-state index in [0.29, 0.717) is 46.2 Å². The highest BCUT2D eigenvalue weighted by atomic mass is 35.5. The van der Waals surface area contributed by atoms with Gasteiger partial charge in [-0.1, -0.05) is 24.1 Å². The first-order chi connectivity index (χ1) is 16.5. The largest absolute Gasteiger partial charge is 0.494 e. The number of benzene rings is 2. The van der Waals surface area contributed by atoms with Gasteiger partial charge in [0.1, 0.15) is 23.1 Å². The average Bonchev–Trinajstić information content (AvgIpc) is 3.47. The Morgan fingerprint density at radius 2 is 2.00 bits per heavy atom. The van der Waals surface area contributed by atoms with Crippen LogP contribution >= 0.6 is 23.2 Å². The third-order valence-corrected chi connectivity index (χ3v) is 5.78. The van der Waals surface area contributed by atoms with E-state index in [2.05, 4.69) is 25.5 Å². The number of nitrogens with zero attached hydrogens (tertiary/aromatic N) is 4. The SMILES string of the molecule is COc1cc(Nc2n[nH]c(C(CCCCCl)c3ccc(F)c(F)c3)n2)ccc1-n1cnc(Cl)c1. The molecule has 0 saturated carbocycles. The summed E-state index contributed by atoms with van der Waals surface area (Å²) in [5, 5.41) is 10.7. The molecule has 0 saturated heterocycles. The molecule has 0 aliphatic rings. The van der Waals surface area contributed by atoms with Gasteiger partial charge in [-0.05, 0) is 42.7 Å². The maximum atomic E-state index is 13.9. The molecule has 2 aromatic carbocycles. The molecule has 0 spiro atoms. The van der Waals surface area contributed by atoms with E-state index in [9.17, 15) is 8.78 Å². The van der Waals surface area contributed by atoms with Gasteiger partial charge in [0, 0.05) is 29.7 Å². The van der Waals surface area contributed by atoms with Gasteiger partial charge in [-0.25, -0.2) is 13.8 Å². The van der Waals surface area contributed by atoms with Crippen LogP contribution in [-0.4, -0.2) is 37.7 Å². The molecule has 2 aromatic heterocycles. The Kier molecular flexibility index (Phi) is 7.64. The van der Waals surface area contributed by atoms with Gasteiger partial charge in [0.25, 0.3) is 0 Å². The summed E-state index contributed by atoms with van der Waals surface area (Å²) in [4.78, 5) is 8.57. The number of aromatic nitrogens is 5. The predicted octanol–water partition coefficient (Wildman–Crippen LogP) is 6.22. The van der Waals surface area contributed by atoms with Crippen LogP contribution in [0.3, 0.4) is 0 Å². The average molecular weight is 507 g/mol. The quantitative estimate of drug-likeness (QED) is 0.197. The summed E-state index contributed by atoms with van der Waals surface area (Å²) in [5.74, 6) is -0.0841. The number of aromatic amines is 1. The first-order valence-corrected chi connectivity index (χ1v) is 11.5. The van der Waals surface area contributed by atoms with E-state index in [1.807, 2.05) is 12.1 Å². The normalized spacial score (nSPS) is 12.0. The molecule has 0 radical (unpaired) electrons. The van der Waals surface area contributed by atoms with Crippen molar-refractivity contribution in [3.63, 3.8) is 0 Å². The lowest BCUT2D eigenvalue weighted by molar-refractivity contribution is 0.413. The van der Waals surface area contributed by atoms with Crippen LogP contribution in [0.4, 0.5) is 20.4 Å². The van der Waals surface area contributed by atoms with Gasteiger partial charge >= 0.3 is 0 Å². The maximum absolute atomic E-state index is 13.9. The van der Waals surface area contributed by atoms with Crippen molar-refractivity contribution in [2.24, 2.45) is 0 Å². The van der Waals surface area contributed by atoms with Gasteiger partial charge in [0.15, 0.2) is 11.6 Å². The second-order valence-electron chi connectivity index (χ2n) is 7.57. The molecule has 1 atom stereocenters. The Balaban J connectivity index is 1.56. The highest BCUT2D eigenvalue weighted by molar-refractivity contribution is 6.29. The summed E-state index contributed by atoms with van der Waals surface area (Å²) in [7, 11) is 1.57. The topological polar surface area (TPSA) is 80.6 Å². The van der Waals surface area contributed by atoms with Crippen molar-refractivity contribution in [1.82, 2.24) is 24.7 Å². The maximum Gasteiger partial charge on any atom is 0.246 e. The number of rotatable bonds is 10. The Bertz CT molecular complexity index is 1260. The number of hydrogen-bond donors (Lipinski definition) is 2. The number of ether oxygens (including phenoxy) is 1. The lowest BCUT2D eigenvalue weighted by Crippen LogP contribution is -2.05. The molecule has 7 nitrogen and oxygen atoms in total. The third-order valence-electron chi connectivity index (χ3n) is 5.32. The fourth-order valence-corrected chi connectivity index (χ4v) is 3.99. The zero-order chi connectivity index (χ0) is 24.1. The van der Waals surface area contributed by atoms with Gasteiger partial charge in [0.05, 0.1) is 12.8 Å². The molecule has 4 aromatic rings. The molecule has 2 N–H and O–H groups in total. The summed E-state index contributed by atoms with van der Waals surface area (Å²) >= 11 is 11.7. The minimum Gasteiger partial charge on any atom is -0.494 e. The Hall–Kier alpha value is -3.17. The molecule has 4 rings (SSSR count). The zero-order valence-electron chi connectivity index (χ0n) is 18.2. The lowest BCUT2D eigenvalue weighted by Gasteiger charge is -2.15. The first kappa shape index (κ1) is 24.0. The van der Waals surface area contributed by atoms with Crippen LogP contribution in [0.25, 0.3) is 5.69 Å². The standard InChI is InChI=1S/C23H22Cl2F2N6O/c1-34-20-11-15(6-8-19(20)33-12-21(25)28-13-33)29-23-30-22(31-32-23)16(4-2-3-9-24)14-5-7-17(26)18(27)10-14/h5-8,10-13,16H,2-4,9H2,1H3,(H2,29,30,31,32).